The molecular formula is C11H13ClN2O5S. The first-order valence-electron chi connectivity index (χ1n) is 5.39. The Morgan fingerprint density at radius 3 is 2.20 bits per heavy atom. The normalized spacial score (nSPS) is 10.9. The number of benzene rings is 1. The van der Waals surface area contributed by atoms with Crippen molar-refractivity contribution in [2.24, 2.45) is 5.73 Å². The highest BCUT2D eigenvalue weighted by molar-refractivity contribution is 8.13. The second-order valence-electron chi connectivity index (χ2n) is 4.03. The third kappa shape index (κ3) is 4.39. The first-order chi connectivity index (χ1) is 9.11. The molecule has 7 nitrogen and oxygen atoms in total. The number of halogens is 1. The van der Waals surface area contributed by atoms with Gasteiger partial charge in [0.05, 0.1) is 4.90 Å². The molecule has 9 heteroatoms. The third-order valence-corrected chi connectivity index (χ3v) is 3.66. The van der Waals surface area contributed by atoms with Crippen molar-refractivity contribution in [1.82, 2.24) is 5.32 Å². The number of hydrogen-bond donors (Lipinski definition) is 2. The fraction of sp³-hybridized carbons (Fsp3) is 0.273. The van der Waals surface area contributed by atoms with Gasteiger partial charge in [0.2, 0.25) is 0 Å². The van der Waals surface area contributed by atoms with E-state index in [9.17, 15) is 18.0 Å². The number of nitrogens with two attached hydrogens (primary N) is 1. The largest absolute Gasteiger partial charge is 0.483 e. The minimum Gasteiger partial charge on any atom is -0.483 e. The Hall–Kier alpha value is -1.80. The first kappa shape index (κ1) is 16.3. The topological polar surface area (TPSA) is 116 Å². The van der Waals surface area contributed by atoms with Gasteiger partial charge in [0.25, 0.3) is 15.0 Å². The standard InChI is InChI=1S/C11H13ClN2O5S/c1-6-3-8(20(12,17)18)4-7(2)10(6)19-5-9(15)14-11(13)16/h3-4H,5H2,1-2H3,(H3,13,14,15,16). The zero-order chi connectivity index (χ0) is 15.5. The monoisotopic (exact) mass is 320 g/mol. The zero-order valence-electron chi connectivity index (χ0n) is 10.8. The molecule has 0 unspecified atom stereocenters. The summed E-state index contributed by atoms with van der Waals surface area (Å²) in [7, 11) is 1.42. The van der Waals surface area contributed by atoms with E-state index in [1.54, 1.807) is 13.8 Å². The zero-order valence-corrected chi connectivity index (χ0v) is 12.3. The van der Waals surface area contributed by atoms with E-state index in [0.29, 0.717) is 16.9 Å². The van der Waals surface area contributed by atoms with E-state index < -0.39 is 27.6 Å². The summed E-state index contributed by atoms with van der Waals surface area (Å²) in [6, 6.07) is 1.68. The number of rotatable bonds is 4. The minimum absolute atomic E-state index is 0.0527. The summed E-state index contributed by atoms with van der Waals surface area (Å²) >= 11 is 0. The number of ether oxygens (including phenoxy) is 1. The molecule has 0 aliphatic rings. The molecule has 3 amide bonds. The number of aryl methyl sites for hydroxylation is 2. The van der Waals surface area contributed by atoms with Crippen molar-refractivity contribution in [1.29, 1.82) is 0 Å². The van der Waals surface area contributed by atoms with Crippen LogP contribution in [0.15, 0.2) is 17.0 Å². The molecule has 0 radical (unpaired) electrons. The second-order valence-corrected chi connectivity index (χ2v) is 6.59. The van der Waals surface area contributed by atoms with Gasteiger partial charge in [-0.3, -0.25) is 10.1 Å². The van der Waals surface area contributed by atoms with Crippen LogP contribution in [-0.2, 0) is 13.8 Å². The van der Waals surface area contributed by atoms with Gasteiger partial charge in [0.15, 0.2) is 6.61 Å². The van der Waals surface area contributed by atoms with E-state index in [-0.39, 0.29) is 4.90 Å². The van der Waals surface area contributed by atoms with Gasteiger partial charge < -0.3 is 10.5 Å². The van der Waals surface area contributed by atoms with Crippen LogP contribution in [0.2, 0.25) is 0 Å². The number of carbonyl (C=O) groups is 2. The average molecular weight is 321 g/mol. The second kappa shape index (κ2) is 6.10. The smallest absolute Gasteiger partial charge is 0.318 e. The lowest BCUT2D eigenvalue weighted by atomic mass is 10.1. The van der Waals surface area contributed by atoms with Crippen molar-refractivity contribution in [3.05, 3.63) is 23.3 Å². The molecule has 0 heterocycles. The lowest BCUT2D eigenvalue weighted by molar-refractivity contribution is -0.121. The SMILES string of the molecule is Cc1cc(S(=O)(=O)Cl)cc(C)c1OCC(=O)NC(N)=O. The predicted molar refractivity (Wildman–Crippen MR) is 72.2 cm³/mol. The molecule has 0 aliphatic carbocycles. The predicted octanol–water partition coefficient (Wildman–Crippen LogP) is 0.805. The molecule has 0 aliphatic heterocycles. The number of hydrogen-bond acceptors (Lipinski definition) is 5. The number of carbonyl (C=O) groups excluding carboxylic acids is 2. The number of urea groups is 1. The summed E-state index contributed by atoms with van der Waals surface area (Å²) in [6.07, 6.45) is 0. The summed E-state index contributed by atoms with van der Waals surface area (Å²) in [5, 5.41) is 1.85. The van der Waals surface area contributed by atoms with Crippen LogP contribution < -0.4 is 15.8 Å². The van der Waals surface area contributed by atoms with Gasteiger partial charge in [0, 0.05) is 10.7 Å². The van der Waals surface area contributed by atoms with Gasteiger partial charge in [0.1, 0.15) is 5.75 Å². The van der Waals surface area contributed by atoms with Gasteiger partial charge in [-0.05, 0) is 37.1 Å². The Morgan fingerprint density at radius 2 is 1.80 bits per heavy atom. The van der Waals surface area contributed by atoms with Gasteiger partial charge in [-0.25, -0.2) is 13.2 Å². The quantitative estimate of drug-likeness (QED) is 0.796. The Labute approximate surface area is 120 Å². The highest BCUT2D eigenvalue weighted by Crippen LogP contribution is 2.28. The molecule has 0 saturated heterocycles. The molecule has 20 heavy (non-hydrogen) atoms. The number of imide groups is 1. The molecule has 0 spiro atoms. The van der Waals surface area contributed by atoms with Crippen LogP contribution in [0.4, 0.5) is 4.79 Å². The van der Waals surface area contributed by atoms with Crippen molar-refractivity contribution in [3.8, 4) is 5.75 Å². The number of amides is 3. The van der Waals surface area contributed by atoms with E-state index in [4.69, 9.17) is 21.2 Å². The van der Waals surface area contributed by atoms with Gasteiger partial charge in [-0.1, -0.05) is 0 Å². The third-order valence-electron chi connectivity index (χ3n) is 2.33. The van der Waals surface area contributed by atoms with Gasteiger partial charge in [-0.15, -0.1) is 0 Å². The van der Waals surface area contributed by atoms with Crippen LogP contribution in [0, 0.1) is 13.8 Å². The molecular weight excluding hydrogens is 308 g/mol. The van der Waals surface area contributed by atoms with Crippen molar-refractivity contribution in [2.45, 2.75) is 18.7 Å². The molecule has 0 fully saturated rings. The van der Waals surface area contributed by atoms with Gasteiger partial charge in [-0.2, -0.15) is 0 Å². The molecule has 3 N–H and O–H groups in total. The molecule has 110 valence electrons. The maximum Gasteiger partial charge on any atom is 0.318 e. The molecule has 0 atom stereocenters. The Balaban J connectivity index is 2.93. The average Bonchev–Trinajstić information content (AvgIpc) is 2.25. The van der Waals surface area contributed by atoms with E-state index in [1.165, 1.54) is 12.1 Å². The summed E-state index contributed by atoms with van der Waals surface area (Å²) in [4.78, 5) is 21.6. The van der Waals surface area contributed by atoms with Crippen molar-refractivity contribution in [2.75, 3.05) is 6.61 Å². The summed E-state index contributed by atoms with van der Waals surface area (Å²) in [6.45, 7) is 2.80. The highest BCUT2D eigenvalue weighted by atomic mass is 35.7. The Kier molecular flexibility index (Phi) is 4.96. The summed E-state index contributed by atoms with van der Waals surface area (Å²) < 4.78 is 27.7. The van der Waals surface area contributed by atoms with Crippen molar-refractivity contribution >= 4 is 31.7 Å². The fourth-order valence-electron chi connectivity index (χ4n) is 1.59. The molecule has 1 aromatic rings. The Bertz CT molecular complexity index is 634. The molecule has 0 bridgehead atoms. The van der Waals surface area contributed by atoms with Crippen LogP contribution in [-0.4, -0.2) is 27.0 Å². The van der Waals surface area contributed by atoms with Crippen LogP contribution in [0.25, 0.3) is 0 Å². The highest BCUT2D eigenvalue weighted by Gasteiger charge is 2.15. The van der Waals surface area contributed by atoms with Crippen LogP contribution in [0.1, 0.15) is 11.1 Å². The lowest BCUT2D eigenvalue weighted by Crippen LogP contribution is -2.38. The van der Waals surface area contributed by atoms with E-state index in [0.717, 1.165) is 0 Å². The van der Waals surface area contributed by atoms with Crippen LogP contribution in [0.3, 0.4) is 0 Å². The summed E-state index contributed by atoms with van der Waals surface area (Å²) in [5.41, 5.74) is 5.77. The molecule has 0 saturated carbocycles. The minimum atomic E-state index is -3.84. The summed E-state index contributed by atoms with van der Waals surface area (Å²) in [5.74, 6) is -0.362. The van der Waals surface area contributed by atoms with E-state index in [2.05, 4.69) is 0 Å². The molecule has 1 aromatic carbocycles. The van der Waals surface area contributed by atoms with E-state index >= 15 is 0 Å². The maximum absolute atomic E-state index is 11.2. The number of nitrogens with one attached hydrogen (secondary N) is 1. The molecule has 0 aromatic heterocycles. The van der Waals surface area contributed by atoms with E-state index in [1.807, 2.05) is 5.32 Å². The number of primary amides is 1. The molecule has 1 rings (SSSR count). The Morgan fingerprint density at radius 1 is 1.30 bits per heavy atom. The van der Waals surface area contributed by atoms with Gasteiger partial charge >= 0.3 is 6.03 Å². The van der Waals surface area contributed by atoms with Crippen molar-refractivity contribution < 1.29 is 22.7 Å². The lowest BCUT2D eigenvalue weighted by Gasteiger charge is -2.12. The van der Waals surface area contributed by atoms with Crippen molar-refractivity contribution in [3.63, 3.8) is 0 Å². The van der Waals surface area contributed by atoms with Crippen LogP contribution in [0.5, 0.6) is 5.75 Å². The maximum atomic E-state index is 11.2. The van der Waals surface area contributed by atoms with Crippen LogP contribution >= 0.6 is 10.7 Å². The fourth-order valence-corrected chi connectivity index (χ4v) is 2.49. The first-order valence-corrected chi connectivity index (χ1v) is 7.70.